The molecule has 5 heteroatoms. The van der Waals surface area contributed by atoms with Crippen LogP contribution in [0.3, 0.4) is 0 Å². The molecular formula is C32H22F4O. The highest BCUT2D eigenvalue weighted by atomic mass is 19.3. The summed E-state index contributed by atoms with van der Waals surface area (Å²) in [5.74, 6) is 9.55. The molecule has 0 unspecified atom stereocenters. The van der Waals surface area contributed by atoms with Crippen molar-refractivity contribution in [3.05, 3.63) is 124 Å². The molecule has 184 valence electrons. The van der Waals surface area contributed by atoms with Gasteiger partial charge in [-0.2, -0.15) is 8.78 Å². The Bertz CT molecular complexity index is 1560. The van der Waals surface area contributed by atoms with Crippen LogP contribution >= 0.6 is 0 Å². The van der Waals surface area contributed by atoms with Gasteiger partial charge in [0.2, 0.25) is 0 Å². The summed E-state index contributed by atoms with van der Waals surface area (Å²) >= 11 is 0. The third-order valence-corrected chi connectivity index (χ3v) is 5.58. The Labute approximate surface area is 213 Å². The van der Waals surface area contributed by atoms with Crippen LogP contribution < -0.4 is 4.74 Å². The summed E-state index contributed by atoms with van der Waals surface area (Å²) < 4.78 is 57.6. The minimum Gasteiger partial charge on any atom is -0.432 e. The van der Waals surface area contributed by atoms with Crippen molar-refractivity contribution in [2.45, 2.75) is 26.4 Å². The number of aryl methyl sites for hydroxylation is 1. The molecule has 37 heavy (non-hydrogen) atoms. The van der Waals surface area contributed by atoms with E-state index in [1.165, 1.54) is 11.6 Å². The van der Waals surface area contributed by atoms with Crippen LogP contribution in [-0.4, -0.2) is 6.61 Å². The second-order valence-corrected chi connectivity index (χ2v) is 8.19. The summed E-state index contributed by atoms with van der Waals surface area (Å²) in [6.07, 6.45) is 6.18. The lowest BCUT2D eigenvalue weighted by Crippen LogP contribution is -2.03. The number of allylic oxidation sites excluding steroid dienone is 2. The summed E-state index contributed by atoms with van der Waals surface area (Å²) in [5.41, 5.74) is 3.25. The van der Waals surface area contributed by atoms with E-state index in [0.29, 0.717) is 10.8 Å². The molecule has 4 rings (SSSR count). The molecule has 0 fully saturated rings. The van der Waals surface area contributed by atoms with Crippen molar-refractivity contribution in [3.8, 4) is 29.4 Å². The molecule has 0 saturated carbocycles. The molecule has 0 amide bonds. The number of ether oxygens (including phenoxy) is 1. The Kier molecular flexibility index (Phi) is 8.29. The van der Waals surface area contributed by atoms with Crippen molar-refractivity contribution in [1.29, 1.82) is 0 Å². The summed E-state index contributed by atoms with van der Waals surface area (Å²) in [5, 5.41) is 1.06. The van der Waals surface area contributed by atoms with Crippen LogP contribution in [0, 0.1) is 35.3 Å². The Morgan fingerprint density at radius 3 is 2.19 bits per heavy atom. The van der Waals surface area contributed by atoms with Gasteiger partial charge in [-0.25, -0.2) is 8.78 Å². The number of halogens is 4. The van der Waals surface area contributed by atoms with E-state index in [-0.39, 0.29) is 11.1 Å². The molecule has 0 aliphatic carbocycles. The van der Waals surface area contributed by atoms with E-state index in [4.69, 9.17) is 0 Å². The number of alkyl halides is 2. The van der Waals surface area contributed by atoms with Crippen molar-refractivity contribution in [1.82, 2.24) is 0 Å². The number of hydrogen-bond donors (Lipinski definition) is 0. The molecule has 0 radical (unpaired) electrons. The zero-order valence-corrected chi connectivity index (χ0v) is 20.0. The first kappa shape index (κ1) is 25.6. The number of rotatable bonds is 5. The van der Waals surface area contributed by atoms with E-state index in [0.717, 1.165) is 36.1 Å². The fraction of sp³-hybridized carbons (Fsp3) is 0.125. The molecule has 0 aliphatic rings. The van der Waals surface area contributed by atoms with Crippen molar-refractivity contribution < 1.29 is 22.3 Å². The molecule has 0 N–H and O–H groups in total. The van der Waals surface area contributed by atoms with Gasteiger partial charge in [0.05, 0.1) is 5.56 Å². The van der Waals surface area contributed by atoms with Crippen LogP contribution in [0.1, 0.15) is 41.2 Å². The second kappa shape index (κ2) is 12.0. The van der Waals surface area contributed by atoms with Gasteiger partial charge in [0.15, 0.2) is 11.6 Å². The van der Waals surface area contributed by atoms with Gasteiger partial charge < -0.3 is 4.74 Å². The van der Waals surface area contributed by atoms with Gasteiger partial charge >= 0.3 is 6.61 Å². The Morgan fingerprint density at radius 2 is 1.46 bits per heavy atom. The van der Waals surface area contributed by atoms with E-state index < -0.39 is 24.0 Å². The summed E-state index contributed by atoms with van der Waals surface area (Å²) in [6.45, 7) is -1.12. The average molecular weight is 499 g/mol. The zero-order valence-electron chi connectivity index (χ0n) is 20.0. The summed E-state index contributed by atoms with van der Waals surface area (Å²) in [4.78, 5) is 0. The average Bonchev–Trinajstić information content (AvgIpc) is 2.89. The molecule has 0 bridgehead atoms. The highest BCUT2D eigenvalue weighted by molar-refractivity contribution is 5.86. The molecule has 0 heterocycles. The highest BCUT2D eigenvalue weighted by Gasteiger charge is 2.10. The normalized spacial score (nSPS) is 10.8. The predicted octanol–water partition coefficient (Wildman–Crippen LogP) is 8.03. The van der Waals surface area contributed by atoms with Crippen LogP contribution in [-0.2, 0) is 6.42 Å². The SMILES string of the molecule is C/C=C/CCc1ccc(C#Cc2ccc3c(F)c(C#Cc4ccc(OC(F)F)c(F)c4)ccc3c2)cc1. The smallest absolute Gasteiger partial charge is 0.387 e. The van der Waals surface area contributed by atoms with E-state index in [1.807, 2.05) is 31.2 Å². The van der Waals surface area contributed by atoms with Crippen molar-refractivity contribution >= 4 is 10.8 Å². The quantitative estimate of drug-likeness (QED) is 0.154. The standard InChI is InChI=1S/C32H22F4O/c1-2-3-4-5-22-6-8-23(9-7-22)10-11-24-13-18-28-27(20-24)17-16-26(31(28)34)15-12-25-14-19-30(29(33)21-25)37-32(35)36/h2-3,6-9,13-14,16-21,32H,4-5H2,1H3/b3-2+. The minimum atomic E-state index is -3.13. The van der Waals surface area contributed by atoms with Gasteiger partial charge in [-0.1, -0.05) is 60.1 Å². The van der Waals surface area contributed by atoms with Gasteiger partial charge in [0.25, 0.3) is 0 Å². The molecule has 0 aliphatic heterocycles. The van der Waals surface area contributed by atoms with Crippen LogP contribution in [0.2, 0.25) is 0 Å². The fourth-order valence-electron chi connectivity index (χ4n) is 3.69. The summed E-state index contributed by atoms with van der Waals surface area (Å²) in [7, 11) is 0. The van der Waals surface area contributed by atoms with Gasteiger partial charge in [0.1, 0.15) is 5.82 Å². The van der Waals surface area contributed by atoms with Crippen molar-refractivity contribution in [2.75, 3.05) is 0 Å². The Balaban J connectivity index is 1.51. The number of hydrogen-bond acceptors (Lipinski definition) is 1. The fourth-order valence-corrected chi connectivity index (χ4v) is 3.69. The highest BCUT2D eigenvalue weighted by Crippen LogP contribution is 2.23. The maximum atomic E-state index is 15.1. The van der Waals surface area contributed by atoms with Crippen LogP contribution in [0.4, 0.5) is 17.6 Å². The molecular weight excluding hydrogens is 476 g/mol. The Hall–Kier alpha value is -4.48. The summed E-state index contributed by atoms with van der Waals surface area (Å²) in [6, 6.07) is 20.0. The molecule has 0 spiro atoms. The second-order valence-electron chi connectivity index (χ2n) is 8.19. The lowest BCUT2D eigenvalue weighted by atomic mass is 10.0. The number of fused-ring (bicyclic) bond motifs is 1. The molecule has 4 aromatic rings. The lowest BCUT2D eigenvalue weighted by Gasteiger charge is -2.05. The van der Waals surface area contributed by atoms with E-state index in [2.05, 4.69) is 46.6 Å². The molecule has 0 saturated heterocycles. The van der Waals surface area contributed by atoms with E-state index >= 15 is 4.39 Å². The van der Waals surface area contributed by atoms with Gasteiger partial charge in [-0.05, 0) is 79.2 Å². The topological polar surface area (TPSA) is 9.23 Å². The first-order valence-electron chi connectivity index (χ1n) is 11.6. The zero-order chi connectivity index (χ0) is 26.2. The number of benzene rings is 4. The molecule has 1 nitrogen and oxygen atoms in total. The van der Waals surface area contributed by atoms with Crippen molar-refractivity contribution in [2.24, 2.45) is 0 Å². The van der Waals surface area contributed by atoms with Crippen molar-refractivity contribution in [3.63, 3.8) is 0 Å². The monoisotopic (exact) mass is 498 g/mol. The lowest BCUT2D eigenvalue weighted by molar-refractivity contribution is -0.0521. The van der Waals surface area contributed by atoms with Gasteiger partial charge in [-0.15, -0.1) is 0 Å². The Morgan fingerprint density at radius 1 is 0.784 bits per heavy atom. The third-order valence-electron chi connectivity index (χ3n) is 5.58. The van der Waals surface area contributed by atoms with E-state index in [1.54, 1.807) is 24.3 Å². The largest absolute Gasteiger partial charge is 0.432 e. The third kappa shape index (κ3) is 6.81. The first-order valence-corrected chi connectivity index (χ1v) is 11.6. The van der Waals surface area contributed by atoms with Crippen LogP contribution in [0.5, 0.6) is 5.75 Å². The van der Waals surface area contributed by atoms with Crippen LogP contribution in [0.25, 0.3) is 10.8 Å². The predicted molar refractivity (Wildman–Crippen MR) is 138 cm³/mol. The first-order chi connectivity index (χ1) is 17.9. The maximum Gasteiger partial charge on any atom is 0.387 e. The van der Waals surface area contributed by atoms with Gasteiger partial charge in [-0.3, -0.25) is 0 Å². The van der Waals surface area contributed by atoms with Gasteiger partial charge in [0, 0.05) is 22.1 Å². The maximum absolute atomic E-state index is 15.1. The van der Waals surface area contributed by atoms with E-state index in [9.17, 15) is 13.2 Å². The molecule has 0 aromatic heterocycles. The molecule has 4 aromatic carbocycles. The molecule has 0 atom stereocenters. The minimum absolute atomic E-state index is 0.133. The van der Waals surface area contributed by atoms with Crippen LogP contribution in [0.15, 0.2) is 84.9 Å².